The number of nitrogens with two attached hydrogens (primary N) is 1. The van der Waals surface area contributed by atoms with Gasteiger partial charge in [-0.3, -0.25) is 28.9 Å². The Morgan fingerprint density at radius 1 is 1.21 bits per heavy atom. The quantitative estimate of drug-likeness (QED) is 0.693. The summed E-state index contributed by atoms with van der Waals surface area (Å²) in [6.07, 6.45) is 0.681. The summed E-state index contributed by atoms with van der Waals surface area (Å²) in [7, 11) is 0. The van der Waals surface area contributed by atoms with Gasteiger partial charge in [0.25, 0.3) is 5.56 Å². The predicted molar refractivity (Wildman–Crippen MR) is 93.5 cm³/mol. The molecule has 0 unspecified atom stereocenters. The van der Waals surface area contributed by atoms with Crippen LogP contribution in [0, 0.1) is 0 Å². The van der Waals surface area contributed by atoms with Gasteiger partial charge in [-0.1, -0.05) is 6.92 Å². The molecule has 1 aliphatic rings. The Morgan fingerprint density at radius 3 is 2.38 bits per heavy atom. The number of hydrogen-bond donors (Lipinski definition) is 2. The lowest BCUT2D eigenvalue weighted by atomic mass is 10.1. The molecule has 0 radical (unpaired) electrons. The number of anilines is 1. The minimum Gasteiger partial charge on any atom is -0.384 e. The first-order valence-corrected chi connectivity index (χ1v) is 8.47. The highest BCUT2D eigenvalue weighted by molar-refractivity contribution is 6.01. The number of nitrogens with one attached hydrogen (secondary N) is 1. The molecular weight excluding hydrogens is 310 g/mol. The summed E-state index contributed by atoms with van der Waals surface area (Å²) in [5.41, 5.74) is 4.57. The van der Waals surface area contributed by atoms with Gasteiger partial charge < -0.3 is 5.73 Å². The molecule has 8 heteroatoms. The van der Waals surface area contributed by atoms with E-state index in [0.717, 1.165) is 26.2 Å². The average Bonchev–Trinajstić information content (AvgIpc) is 2.51. The van der Waals surface area contributed by atoms with Gasteiger partial charge in [-0.25, -0.2) is 4.79 Å². The summed E-state index contributed by atoms with van der Waals surface area (Å²) in [6, 6.07) is 0.485. The number of nitrogens with zero attached hydrogens (tertiary/aromatic N) is 3. The Morgan fingerprint density at radius 2 is 1.83 bits per heavy atom. The number of carbonyl (C=O) groups excluding carboxylic acids is 1. The van der Waals surface area contributed by atoms with Crippen molar-refractivity contribution in [3.8, 4) is 0 Å². The third-order valence-corrected chi connectivity index (χ3v) is 4.47. The van der Waals surface area contributed by atoms with Crippen LogP contribution in [-0.2, 0) is 6.54 Å². The lowest BCUT2D eigenvalue weighted by Gasteiger charge is -2.36. The molecule has 1 aliphatic heterocycles. The summed E-state index contributed by atoms with van der Waals surface area (Å²) in [5, 5.41) is 0. The van der Waals surface area contributed by atoms with Gasteiger partial charge in [-0.2, -0.15) is 0 Å². The number of nitrogen functional groups attached to an aromatic ring is 1. The zero-order chi connectivity index (χ0) is 17.9. The maximum absolute atomic E-state index is 12.6. The third kappa shape index (κ3) is 3.93. The van der Waals surface area contributed by atoms with Crippen molar-refractivity contribution in [2.75, 3.05) is 38.5 Å². The minimum atomic E-state index is -0.698. The van der Waals surface area contributed by atoms with Crippen molar-refractivity contribution < 1.29 is 4.79 Å². The molecular formula is C16H27N5O3. The van der Waals surface area contributed by atoms with E-state index in [9.17, 15) is 14.4 Å². The van der Waals surface area contributed by atoms with Gasteiger partial charge in [0, 0.05) is 38.8 Å². The number of aromatic amines is 1. The highest BCUT2D eigenvalue weighted by Crippen LogP contribution is 2.10. The van der Waals surface area contributed by atoms with Gasteiger partial charge in [0.05, 0.1) is 6.54 Å². The van der Waals surface area contributed by atoms with E-state index in [4.69, 9.17) is 5.73 Å². The molecule has 0 bridgehead atoms. The minimum absolute atomic E-state index is 0.0311. The van der Waals surface area contributed by atoms with Gasteiger partial charge >= 0.3 is 5.69 Å². The zero-order valence-electron chi connectivity index (χ0n) is 14.7. The molecule has 0 aliphatic carbocycles. The van der Waals surface area contributed by atoms with Gasteiger partial charge in [-0.05, 0) is 20.3 Å². The van der Waals surface area contributed by atoms with Crippen molar-refractivity contribution in [1.29, 1.82) is 0 Å². The number of rotatable bonds is 6. The molecule has 1 saturated heterocycles. The average molecular weight is 337 g/mol. The Kier molecular flexibility index (Phi) is 5.95. The molecule has 0 amide bonds. The number of hydrogen-bond acceptors (Lipinski definition) is 6. The first-order valence-electron chi connectivity index (χ1n) is 8.47. The van der Waals surface area contributed by atoms with E-state index in [2.05, 4.69) is 23.7 Å². The molecule has 24 heavy (non-hydrogen) atoms. The second-order valence-electron chi connectivity index (χ2n) is 6.50. The summed E-state index contributed by atoms with van der Waals surface area (Å²) in [4.78, 5) is 43.0. The highest BCUT2D eigenvalue weighted by atomic mass is 16.2. The maximum Gasteiger partial charge on any atom is 0.329 e. The van der Waals surface area contributed by atoms with Crippen molar-refractivity contribution >= 4 is 11.6 Å². The molecule has 1 aromatic rings. The van der Waals surface area contributed by atoms with Gasteiger partial charge in [0.15, 0.2) is 5.78 Å². The predicted octanol–water partition coefficient (Wildman–Crippen LogP) is -0.262. The lowest BCUT2D eigenvalue weighted by molar-refractivity contribution is 0.0806. The molecule has 1 fully saturated rings. The normalized spacial score (nSPS) is 16.7. The Balaban J connectivity index is 2.15. The Labute approximate surface area is 141 Å². The second kappa shape index (κ2) is 7.76. The van der Waals surface area contributed by atoms with Crippen molar-refractivity contribution in [3.05, 3.63) is 26.4 Å². The fraction of sp³-hybridized carbons (Fsp3) is 0.688. The molecule has 2 heterocycles. The number of piperazine rings is 1. The molecule has 0 atom stereocenters. The van der Waals surface area contributed by atoms with E-state index in [1.807, 2.05) is 11.8 Å². The number of Topliss-reactive ketones (excluding diaryl/α,β-unsaturated/α-hetero) is 1. The van der Waals surface area contributed by atoms with E-state index in [1.165, 1.54) is 4.57 Å². The summed E-state index contributed by atoms with van der Waals surface area (Å²) >= 11 is 0. The van der Waals surface area contributed by atoms with Crippen LogP contribution in [0.1, 0.15) is 37.6 Å². The van der Waals surface area contributed by atoms with E-state index in [-0.39, 0.29) is 23.7 Å². The maximum atomic E-state index is 12.6. The number of aromatic nitrogens is 2. The van der Waals surface area contributed by atoms with Gasteiger partial charge in [0.2, 0.25) is 0 Å². The molecule has 0 aromatic carbocycles. The summed E-state index contributed by atoms with van der Waals surface area (Å²) in [6.45, 7) is 10.0. The standard InChI is InChI=1S/C16H27N5O3/c1-4-5-21-14(17)13(15(23)18-16(21)24)12(22)10-19-6-8-20(9-7-19)11(2)3/h11H,4-10,17H2,1-3H3,(H,18,23,24). The second-order valence-corrected chi connectivity index (χ2v) is 6.50. The zero-order valence-corrected chi connectivity index (χ0v) is 14.7. The molecule has 0 saturated carbocycles. The third-order valence-electron chi connectivity index (χ3n) is 4.47. The van der Waals surface area contributed by atoms with Crippen LogP contribution in [0.25, 0.3) is 0 Å². The Hall–Kier alpha value is -1.93. The molecule has 2 rings (SSSR count). The first-order chi connectivity index (χ1) is 11.3. The van der Waals surface area contributed by atoms with Crippen molar-refractivity contribution in [2.45, 2.75) is 39.8 Å². The smallest absolute Gasteiger partial charge is 0.329 e. The SMILES string of the molecule is CCCn1c(N)c(C(=O)CN2CCN(C(C)C)CC2)c(=O)[nH]c1=O. The number of ketones is 1. The van der Waals surface area contributed by atoms with E-state index in [0.29, 0.717) is 19.0 Å². The van der Waals surface area contributed by atoms with E-state index >= 15 is 0 Å². The first kappa shape index (κ1) is 18.4. The van der Waals surface area contributed by atoms with E-state index < -0.39 is 11.2 Å². The van der Waals surface area contributed by atoms with Gasteiger partial charge in [0.1, 0.15) is 11.4 Å². The Bertz CT molecular complexity index is 699. The molecule has 134 valence electrons. The molecule has 8 nitrogen and oxygen atoms in total. The number of H-pyrrole nitrogens is 1. The van der Waals surface area contributed by atoms with Crippen molar-refractivity contribution in [2.24, 2.45) is 0 Å². The van der Waals surface area contributed by atoms with Crippen LogP contribution < -0.4 is 17.0 Å². The van der Waals surface area contributed by atoms with Crippen LogP contribution in [0.5, 0.6) is 0 Å². The summed E-state index contributed by atoms with van der Waals surface area (Å²) in [5.74, 6) is -0.368. The van der Waals surface area contributed by atoms with Crippen LogP contribution in [0.4, 0.5) is 5.82 Å². The fourth-order valence-electron chi connectivity index (χ4n) is 3.02. The fourth-order valence-corrected chi connectivity index (χ4v) is 3.02. The van der Waals surface area contributed by atoms with Crippen LogP contribution in [0.3, 0.4) is 0 Å². The lowest BCUT2D eigenvalue weighted by Crippen LogP contribution is -2.50. The van der Waals surface area contributed by atoms with Crippen molar-refractivity contribution in [3.63, 3.8) is 0 Å². The van der Waals surface area contributed by atoms with E-state index in [1.54, 1.807) is 0 Å². The van der Waals surface area contributed by atoms with Crippen molar-refractivity contribution in [1.82, 2.24) is 19.4 Å². The molecule has 3 N–H and O–H groups in total. The summed E-state index contributed by atoms with van der Waals surface area (Å²) < 4.78 is 1.26. The van der Waals surface area contributed by atoms with Gasteiger partial charge in [-0.15, -0.1) is 0 Å². The van der Waals surface area contributed by atoms with Crippen LogP contribution in [-0.4, -0.2) is 63.9 Å². The van der Waals surface area contributed by atoms with Crippen LogP contribution in [0.15, 0.2) is 9.59 Å². The monoisotopic (exact) mass is 337 g/mol. The largest absolute Gasteiger partial charge is 0.384 e. The molecule has 0 spiro atoms. The van der Waals surface area contributed by atoms with Crippen LogP contribution >= 0.6 is 0 Å². The van der Waals surface area contributed by atoms with Crippen LogP contribution in [0.2, 0.25) is 0 Å². The number of carbonyl (C=O) groups is 1. The highest BCUT2D eigenvalue weighted by Gasteiger charge is 2.24. The topological polar surface area (TPSA) is 104 Å². The molecule has 1 aromatic heterocycles.